The van der Waals surface area contributed by atoms with E-state index in [0.29, 0.717) is 12.8 Å². The molecule has 0 saturated carbocycles. The predicted octanol–water partition coefficient (Wildman–Crippen LogP) is 1.66. The summed E-state index contributed by atoms with van der Waals surface area (Å²) < 4.78 is 0. The van der Waals surface area contributed by atoms with E-state index in [2.05, 4.69) is 0 Å². The largest absolute Gasteiger partial charge is 0.265 e. The van der Waals surface area contributed by atoms with E-state index >= 15 is 0 Å². The lowest BCUT2D eigenvalue weighted by molar-refractivity contribution is -0.480. The molecule has 0 bridgehead atoms. The van der Waals surface area contributed by atoms with Crippen LogP contribution >= 0.6 is 0 Å². The summed E-state index contributed by atoms with van der Waals surface area (Å²) in [7, 11) is 0. The highest BCUT2D eigenvalue weighted by Gasteiger charge is 1.95. The highest BCUT2D eigenvalue weighted by atomic mass is 16.6. The molecule has 0 aromatic carbocycles. The molecule has 0 aromatic rings. The maximum atomic E-state index is 9.92. The van der Waals surface area contributed by atoms with Crippen LogP contribution < -0.4 is 0 Å². The predicted molar refractivity (Wildman–Crippen MR) is 51.3 cm³/mol. The molecule has 0 amide bonds. The van der Waals surface area contributed by atoms with Crippen LogP contribution in [-0.2, 0) is 0 Å². The summed E-state index contributed by atoms with van der Waals surface area (Å²) in [5, 5.41) is 19.8. The van der Waals surface area contributed by atoms with Crippen LogP contribution in [-0.4, -0.2) is 22.9 Å². The van der Waals surface area contributed by atoms with Crippen molar-refractivity contribution in [3.63, 3.8) is 0 Å². The van der Waals surface area contributed by atoms with Gasteiger partial charge in [0.2, 0.25) is 13.1 Å². The van der Waals surface area contributed by atoms with Crippen molar-refractivity contribution in [2.75, 3.05) is 13.1 Å². The Hall–Kier alpha value is -1.46. The van der Waals surface area contributed by atoms with Gasteiger partial charge < -0.3 is 0 Å². The molecule has 0 saturated heterocycles. The van der Waals surface area contributed by atoms with Crippen molar-refractivity contribution in [1.82, 2.24) is 0 Å². The first kappa shape index (κ1) is 12.5. The maximum absolute atomic E-state index is 9.92. The van der Waals surface area contributed by atoms with Crippen LogP contribution in [0.4, 0.5) is 0 Å². The fourth-order valence-electron chi connectivity index (χ4n) is 0.919. The molecule has 0 aliphatic rings. The third-order valence-corrected chi connectivity index (χ3v) is 1.61. The van der Waals surface area contributed by atoms with E-state index < -0.39 is 0 Å². The summed E-state index contributed by atoms with van der Waals surface area (Å²) >= 11 is 0. The molecule has 6 nitrogen and oxygen atoms in total. The number of allylic oxidation sites excluding steroid dienone is 1. The average Bonchev–Trinajstić information content (AvgIpc) is 2.08. The van der Waals surface area contributed by atoms with E-state index in [0.717, 1.165) is 12.8 Å². The molecule has 14 heavy (non-hydrogen) atoms. The van der Waals surface area contributed by atoms with Gasteiger partial charge in [-0.3, -0.25) is 20.2 Å². The van der Waals surface area contributed by atoms with E-state index in [1.54, 1.807) is 6.08 Å². The highest BCUT2D eigenvalue weighted by molar-refractivity contribution is 4.80. The Labute approximate surface area is 81.9 Å². The van der Waals surface area contributed by atoms with Gasteiger partial charge in [0, 0.05) is 22.7 Å². The zero-order valence-electron chi connectivity index (χ0n) is 7.92. The van der Waals surface area contributed by atoms with Crippen LogP contribution in [0.25, 0.3) is 0 Å². The normalized spacial score (nSPS) is 10.6. The van der Waals surface area contributed by atoms with Gasteiger partial charge in [0.1, 0.15) is 0 Å². The molecular weight excluding hydrogens is 188 g/mol. The second-order valence-corrected chi connectivity index (χ2v) is 2.87. The van der Waals surface area contributed by atoms with Crippen LogP contribution in [0.5, 0.6) is 0 Å². The van der Waals surface area contributed by atoms with E-state index in [1.165, 1.54) is 0 Å². The summed E-state index contributed by atoms with van der Waals surface area (Å²) in [6.07, 6.45) is 6.09. The Morgan fingerprint density at radius 2 is 1.43 bits per heavy atom. The summed E-state index contributed by atoms with van der Waals surface area (Å²) in [5.41, 5.74) is 0. The van der Waals surface area contributed by atoms with Crippen LogP contribution in [0.1, 0.15) is 25.7 Å². The minimum absolute atomic E-state index is 0.00272. The molecule has 0 fully saturated rings. The first-order valence-electron chi connectivity index (χ1n) is 4.51. The van der Waals surface area contributed by atoms with Gasteiger partial charge in [-0.05, 0) is 12.8 Å². The molecular formula is C8H14N2O4. The molecule has 0 aliphatic heterocycles. The van der Waals surface area contributed by atoms with Gasteiger partial charge in [-0.25, -0.2) is 0 Å². The number of rotatable bonds is 8. The van der Waals surface area contributed by atoms with E-state index in [1.807, 2.05) is 6.08 Å². The van der Waals surface area contributed by atoms with E-state index in [4.69, 9.17) is 0 Å². The van der Waals surface area contributed by atoms with Crippen molar-refractivity contribution in [3.8, 4) is 0 Å². The fraction of sp³-hybridized carbons (Fsp3) is 0.750. The fourth-order valence-corrected chi connectivity index (χ4v) is 0.919. The summed E-state index contributed by atoms with van der Waals surface area (Å²) in [6.45, 7) is -0.0475. The lowest BCUT2D eigenvalue weighted by atomic mass is 10.2. The summed E-state index contributed by atoms with van der Waals surface area (Å²) in [4.78, 5) is 19.1. The molecule has 0 N–H and O–H groups in total. The number of hydrogen-bond acceptors (Lipinski definition) is 4. The third kappa shape index (κ3) is 10.5. The monoisotopic (exact) mass is 202 g/mol. The molecule has 0 radical (unpaired) electrons. The number of unbranched alkanes of at least 4 members (excludes halogenated alkanes) is 2. The molecule has 0 unspecified atom stereocenters. The lowest BCUT2D eigenvalue weighted by Gasteiger charge is -1.91. The van der Waals surface area contributed by atoms with Crippen molar-refractivity contribution in [1.29, 1.82) is 0 Å². The van der Waals surface area contributed by atoms with Crippen molar-refractivity contribution in [3.05, 3.63) is 32.4 Å². The van der Waals surface area contributed by atoms with Crippen molar-refractivity contribution in [2.24, 2.45) is 0 Å². The van der Waals surface area contributed by atoms with Gasteiger partial charge in [0.15, 0.2) is 0 Å². The third-order valence-electron chi connectivity index (χ3n) is 1.61. The van der Waals surface area contributed by atoms with Crippen LogP contribution in [0.3, 0.4) is 0 Å². The first-order chi connectivity index (χ1) is 6.63. The Bertz CT molecular complexity index is 215. The molecule has 0 heterocycles. The zero-order valence-corrected chi connectivity index (χ0v) is 7.92. The smallest absolute Gasteiger partial charge is 0.207 e. The SMILES string of the molecule is O=[N+]([O-])CCC=CCCCC[N+](=O)[O-]. The quantitative estimate of drug-likeness (QED) is 0.259. The molecule has 6 heteroatoms. The second-order valence-electron chi connectivity index (χ2n) is 2.87. The van der Waals surface area contributed by atoms with E-state index in [9.17, 15) is 20.2 Å². The molecule has 0 aliphatic carbocycles. The molecule has 80 valence electrons. The lowest BCUT2D eigenvalue weighted by Crippen LogP contribution is -1.99. The molecule has 0 rings (SSSR count). The van der Waals surface area contributed by atoms with Gasteiger partial charge in [-0.2, -0.15) is 0 Å². The van der Waals surface area contributed by atoms with Gasteiger partial charge >= 0.3 is 0 Å². The average molecular weight is 202 g/mol. The summed E-state index contributed by atoms with van der Waals surface area (Å²) in [6, 6.07) is 0. The van der Waals surface area contributed by atoms with Crippen LogP contribution in [0, 0.1) is 20.2 Å². The molecule has 0 atom stereocenters. The Morgan fingerprint density at radius 3 is 2.00 bits per heavy atom. The first-order valence-corrected chi connectivity index (χ1v) is 4.51. The van der Waals surface area contributed by atoms with Gasteiger partial charge in [-0.1, -0.05) is 12.2 Å². The Kier molecular flexibility index (Phi) is 7.30. The number of nitro groups is 2. The summed E-state index contributed by atoms with van der Waals surface area (Å²) in [5.74, 6) is 0. The van der Waals surface area contributed by atoms with Crippen molar-refractivity contribution < 1.29 is 9.85 Å². The Morgan fingerprint density at radius 1 is 0.857 bits per heavy atom. The standard InChI is InChI=1S/C8H14N2O4/c11-9(12)7-5-3-1-2-4-6-8-10(13)14/h1,3H,2,4-8H2. The minimum Gasteiger partial charge on any atom is -0.265 e. The number of nitrogens with zero attached hydrogens (tertiary/aromatic N) is 2. The molecule has 0 spiro atoms. The number of hydrogen-bond donors (Lipinski definition) is 0. The Balaban J connectivity index is 3.19. The highest BCUT2D eigenvalue weighted by Crippen LogP contribution is 1.97. The van der Waals surface area contributed by atoms with Crippen LogP contribution in [0.2, 0.25) is 0 Å². The van der Waals surface area contributed by atoms with Gasteiger partial charge in [-0.15, -0.1) is 0 Å². The van der Waals surface area contributed by atoms with Crippen molar-refractivity contribution >= 4 is 0 Å². The van der Waals surface area contributed by atoms with E-state index in [-0.39, 0.29) is 22.9 Å². The topological polar surface area (TPSA) is 86.3 Å². The van der Waals surface area contributed by atoms with Gasteiger partial charge in [0.25, 0.3) is 0 Å². The minimum atomic E-state index is -0.364. The van der Waals surface area contributed by atoms with Crippen LogP contribution in [0.15, 0.2) is 12.2 Å². The maximum Gasteiger partial charge on any atom is 0.207 e. The second kappa shape index (κ2) is 8.15. The molecule has 0 aromatic heterocycles. The van der Waals surface area contributed by atoms with Crippen molar-refractivity contribution in [2.45, 2.75) is 25.7 Å². The zero-order chi connectivity index (χ0) is 10.8. The van der Waals surface area contributed by atoms with Gasteiger partial charge in [0.05, 0.1) is 0 Å².